The molecular weight excluding hydrogens is 380 g/mol. The number of carbonyl (C=O) groups is 1. The molecule has 1 aliphatic rings. The highest BCUT2D eigenvalue weighted by atomic mass is 35.5. The minimum Gasteiger partial charge on any atom is -0.326 e. The van der Waals surface area contributed by atoms with Crippen molar-refractivity contribution in [3.8, 4) is 0 Å². The average Bonchev–Trinajstić information content (AvgIpc) is 3.02. The lowest BCUT2D eigenvalue weighted by atomic mass is 9.99. The number of nitrogens with one attached hydrogen (secondary N) is 1. The van der Waals surface area contributed by atoms with E-state index in [9.17, 15) is 13.2 Å². The van der Waals surface area contributed by atoms with Gasteiger partial charge in [-0.25, -0.2) is 8.42 Å². The molecule has 5 nitrogen and oxygen atoms in total. The van der Waals surface area contributed by atoms with E-state index >= 15 is 0 Å². The van der Waals surface area contributed by atoms with Crippen LogP contribution in [0.2, 0.25) is 5.02 Å². The van der Waals surface area contributed by atoms with Crippen molar-refractivity contribution in [2.75, 3.05) is 18.4 Å². The minimum atomic E-state index is -3.54. The highest BCUT2D eigenvalue weighted by Gasteiger charge is 2.34. The summed E-state index contributed by atoms with van der Waals surface area (Å²) in [5.74, 6) is -0.548. The molecule has 1 saturated heterocycles. The highest BCUT2D eigenvalue weighted by Crippen LogP contribution is 2.28. The molecule has 1 N–H and O–H groups in total. The van der Waals surface area contributed by atoms with Gasteiger partial charge in [0.15, 0.2) is 0 Å². The zero-order chi connectivity index (χ0) is 18.0. The van der Waals surface area contributed by atoms with E-state index in [1.807, 2.05) is 6.92 Å². The fourth-order valence-corrected chi connectivity index (χ4v) is 6.02. The number of nitrogens with zero attached hydrogens (tertiary/aromatic N) is 1. The second-order valence-corrected chi connectivity index (χ2v) is 9.96. The first-order valence-electron chi connectivity index (χ1n) is 7.99. The van der Waals surface area contributed by atoms with Gasteiger partial charge in [-0.2, -0.15) is 4.31 Å². The van der Waals surface area contributed by atoms with Crippen LogP contribution in [-0.4, -0.2) is 31.7 Å². The van der Waals surface area contributed by atoms with Gasteiger partial charge in [-0.3, -0.25) is 4.79 Å². The Hall–Kier alpha value is -1.41. The van der Waals surface area contributed by atoms with Crippen molar-refractivity contribution >= 4 is 44.6 Å². The molecule has 0 radical (unpaired) electrons. The molecule has 1 aliphatic heterocycles. The van der Waals surface area contributed by atoms with Crippen molar-refractivity contribution in [2.45, 2.75) is 24.0 Å². The molecule has 2 aromatic rings. The number of anilines is 1. The molecule has 134 valence electrons. The van der Waals surface area contributed by atoms with Crippen LogP contribution in [0, 0.1) is 12.8 Å². The maximum atomic E-state index is 12.8. The lowest BCUT2D eigenvalue weighted by Crippen LogP contribution is -2.43. The van der Waals surface area contributed by atoms with E-state index in [0.29, 0.717) is 34.3 Å². The summed E-state index contributed by atoms with van der Waals surface area (Å²) in [6, 6.07) is 10.3. The van der Waals surface area contributed by atoms with Gasteiger partial charge in [0.25, 0.3) is 10.0 Å². The number of hydrogen-bond donors (Lipinski definition) is 1. The Morgan fingerprint density at radius 1 is 1.32 bits per heavy atom. The van der Waals surface area contributed by atoms with E-state index in [2.05, 4.69) is 5.32 Å². The van der Waals surface area contributed by atoms with E-state index in [1.165, 1.54) is 15.6 Å². The van der Waals surface area contributed by atoms with Gasteiger partial charge in [0.1, 0.15) is 4.21 Å². The van der Waals surface area contributed by atoms with Crippen LogP contribution in [0.15, 0.2) is 40.6 Å². The van der Waals surface area contributed by atoms with Crippen molar-refractivity contribution < 1.29 is 13.2 Å². The first-order valence-corrected chi connectivity index (χ1v) is 10.6. The quantitative estimate of drug-likeness (QED) is 0.852. The van der Waals surface area contributed by atoms with Crippen molar-refractivity contribution in [1.29, 1.82) is 0 Å². The number of halogens is 1. The number of thiophene rings is 1. The number of hydrogen-bond acceptors (Lipinski definition) is 4. The molecule has 0 bridgehead atoms. The summed E-state index contributed by atoms with van der Waals surface area (Å²) in [4.78, 5) is 13.5. The van der Waals surface area contributed by atoms with Crippen LogP contribution >= 0.6 is 22.9 Å². The normalized spacial score (nSPS) is 18.9. The van der Waals surface area contributed by atoms with E-state index in [1.54, 1.807) is 36.4 Å². The second-order valence-electron chi connectivity index (χ2n) is 6.07. The molecule has 3 rings (SSSR count). The van der Waals surface area contributed by atoms with Crippen LogP contribution in [-0.2, 0) is 14.8 Å². The van der Waals surface area contributed by atoms with Crippen LogP contribution in [0.5, 0.6) is 0 Å². The number of sulfonamides is 1. The molecule has 1 fully saturated rings. The number of carbonyl (C=O) groups excluding carboxylic acids is 1. The number of amides is 1. The maximum absolute atomic E-state index is 12.8. The molecule has 1 aromatic carbocycles. The molecule has 0 unspecified atom stereocenters. The molecule has 8 heteroatoms. The minimum absolute atomic E-state index is 0.176. The van der Waals surface area contributed by atoms with E-state index in [0.717, 1.165) is 4.88 Å². The Morgan fingerprint density at radius 2 is 2.12 bits per heavy atom. The Bertz CT molecular complexity index is 880. The maximum Gasteiger partial charge on any atom is 0.252 e. The SMILES string of the molecule is Cc1ccc(S(=O)(=O)N2CCC[C@@H](C(=O)Nc3cccc(Cl)c3)C2)s1. The summed E-state index contributed by atoms with van der Waals surface area (Å²) < 4.78 is 27.3. The molecule has 25 heavy (non-hydrogen) atoms. The highest BCUT2D eigenvalue weighted by molar-refractivity contribution is 7.91. The first-order chi connectivity index (χ1) is 11.9. The van der Waals surface area contributed by atoms with Gasteiger partial charge in [0, 0.05) is 28.7 Å². The third-order valence-electron chi connectivity index (χ3n) is 4.16. The van der Waals surface area contributed by atoms with Crippen LogP contribution in [0.1, 0.15) is 17.7 Å². The number of aryl methyl sites for hydroxylation is 1. The molecular formula is C17H19ClN2O3S2. The fraction of sp³-hybridized carbons (Fsp3) is 0.353. The Labute approximate surface area is 156 Å². The summed E-state index contributed by atoms with van der Waals surface area (Å²) >= 11 is 7.19. The number of benzene rings is 1. The molecule has 0 spiro atoms. The van der Waals surface area contributed by atoms with Crippen LogP contribution < -0.4 is 5.32 Å². The molecule has 0 saturated carbocycles. The van der Waals surface area contributed by atoms with Gasteiger partial charge in [0.05, 0.1) is 5.92 Å². The Kier molecular flexibility index (Phi) is 5.48. The standard InChI is InChI=1S/C17H19ClN2O3S2/c1-12-7-8-16(24-12)25(22,23)20-9-3-4-13(11-20)17(21)19-15-6-2-5-14(18)10-15/h2,5-8,10,13H,3-4,9,11H2,1H3,(H,19,21)/t13-/m1/s1. The number of rotatable bonds is 4. The van der Waals surface area contributed by atoms with Gasteiger partial charge in [-0.05, 0) is 50.1 Å². The zero-order valence-electron chi connectivity index (χ0n) is 13.7. The molecule has 1 aromatic heterocycles. The topological polar surface area (TPSA) is 66.5 Å². The van der Waals surface area contributed by atoms with E-state index in [-0.39, 0.29) is 18.4 Å². The van der Waals surface area contributed by atoms with Crippen molar-refractivity contribution in [1.82, 2.24) is 4.31 Å². The van der Waals surface area contributed by atoms with E-state index in [4.69, 9.17) is 11.6 Å². The largest absolute Gasteiger partial charge is 0.326 e. The van der Waals surface area contributed by atoms with Gasteiger partial charge in [-0.1, -0.05) is 17.7 Å². The number of piperidine rings is 1. The molecule has 1 amide bonds. The summed E-state index contributed by atoms with van der Waals surface area (Å²) in [5.41, 5.74) is 0.617. The average molecular weight is 399 g/mol. The third kappa shape index (κ3) is 4.23. The summed E-state index contributed by atoms with van der Waals surface area (Å²) in [5, 5.41) is 3.37. The smallest absolute Gasteiger partial charge is 0.252 e. The summed E-state index contributed by atoms with van der Waals surface area (Å²) in [6.45, 7) is 2.52. The monoisotopic (exact) mass is 398 g/mol. The third-order valence-corrected chi connectivity index (χ3v) is 7.73. The van der Waals surface area contributed by atoms with Crippen molar-refractivity contribution in [2.24, 2.45) is 5.92 Å². The van der Waals surface area contributed by atoms with Gasteiger partial charge >= 0.3 is 0 Å². The van der Waals surface area contributed by atoms with Crippen molar-refractivity contribution in [3.05, 3.63) is 46.3 Å². The lowest BCUT2D eigenvalue weighted by Gasteiger charge is -2.30. The van der Waals surface area contributed by atoms with Crippen LogP contribution in [0.25, 0.3) is 0 Å². The van der Waals surface area contributed by atoms with Gasteiger partial charge in [0.2, 0.25) is 5.91 Å². The lowest BCUT2D eigenvalue weighted by molar-refractivity contribution is -0.120. The molecule has 0 aliphatic carbocycles. The second kappa shape index (κ2) is 7.45. The first kappa shape index (κ1) is 18.4. The predicted molar refractivity (Wildman–Crippen MR) is 101 cm³/mol. The van der Waals surface area contributed by atoms with Crippen LogP contribution in [0.3, 0.4) is 0 Å². The van der Waals surface area contributed by atoms with Gasteiger partial charge < -0.3 is 5.32 Å². The zero-order valence-corrected chi connectivity index (χ0v) is 16.1. The van der Waals surface area contributed by atoms with E-state index < -0.39 is 10.0 Å². The summed E-state index contributed by atoms with van der Waals surface area (Å²) in [7, 11) is -3.54. The van der Waals surface area contributed by atoms with Crippen molar-refractivity contribution in [3.63, 3.8) is 0 Å². The van der Waals surface area contributed by atoms with Crippen LogP contribution in [0.4, 0.5) is 5.69 Å². The summed E-state index contributed by atoms with van der Waals surface area (Å²) in [6.07, 6.45) is 1.33. The predicted octanol–water partition coefficient (Wildman–Crippen LogP) is 3.75. The Balaban J connectivity index is 1.71. The molecule has 1 atom stereocenters. The molecule has 2 heterocycles. The van der Waals surface area contributed by atoms with Gasteiger partial charge in [-0.15, -0.1) is 11.3 Å². The fourth-order valence-electron chi connectivity index (χ4n) is 2.86. The Morgan fingerprint density at radius 3 is 2.80 bits per heavy atom.